The lowest BCUT2D eigenvalue weighted by atomic mass is 9.87. The van der Waals surface area contributed by atoms with E-state index in [2.05, 4.69) is 5.32 Å². The maximum Gasteiger partial charge on any atom is 0.247 e. The molecule has 0 aliphatic heterocycles. The number of amides is 2. The van der Waals surface area contributed by atoms with Crippen molar-refractivity contribution >= 4 is 40.7 Å². The largest absolute Gasteiger partial charge is 0.493 e. The van der Waals surface area contributed by atoms with Gasteiger partial charge in [-0.3, -0.25) is 14.4 Å². The number of hydrogen-bond acceptors (Lipinski definition) is 7. The zero-order chi connectivity index (χ0) is 28.8. The molecule has 3 N–H and O–H groups in total. The van der Waals surface area contributed by atoms with Gasteiger partial charge in [-0.2, -0.15) is 0 Å². The molecule has 2 aromatic rings. The molecule has 2 aliphatic rings. The van der Waals surface area contributed by atoms with E-state index in [1.54, 1.807) is 23.1 Å². The second-order valence-electron chi connectivity index (χ2n) is 9.85. The first-order valence-corrected chi connectivity index (χ1v) is 14.2. The standard InChI is InChI=1S/C29H32FIN2O7/c1-39-25-13-18(16-35)12-22(31)27(25)40-24-15-20(28(37)32-8-10-34)14-23(26(24)36)33(29(38)19-5-6-19)9-7-17-3-2-4-21(30)11-17/h2-4,11-13,15-16,19,23-24,26,34,36H,5-10,14H2,1H3,(H,32,37). The third-order valence-electron chi connectivity index (χ3n) is 7.00. The molecule has 9 nitrogen and oxygen atoms in total. The molecular weight excluding hydrogens is 634 g/mol. The van der Waals surface area contributed by atoms with Crippen molar-refractivity contribution in [2.24, 2.45) is 5.92 Å². The van der Waals surface area contributed by atoms with Crippen LogP contribution in [0.3, 0.4) is 0 Å². The molecule has 4 rings (SSSR count). The van der Waals surface area contributed by atoms with Crippen molar-refractivity contribution < 1.29 is 38.5 Å². The van der Waals surface area contributed by atoms with Crippen molar-refractivity contribution in [3.63, 3.8) is 0 Å². The van der Waals surface area contributed by atoms with Gasteiger partial charge in [0.05, 0.1) is 23.3 Å². The third kappa shape index (κ3) is 7.18. The highest BCUT2D eigenvalue weighted by Gasteiger charge is 2.44. The molecule has 214 valence electrons. The van der Waals surface area contributed by atoms with Crippen LogP contribution in [0.15, 0.2) is 48.0 Å². The maximum atomic E-state index is 13.8. The van der Waals surface area contributed by atoms with E-state index in [9.17, 15) is 29.0 Å². The van der Waals surface area contributed by atoms with Gasteiger partial charge in [0.1, 0.15) is 24.3 Å². The van der Waals surface area contributed by atoms with Crippen LogP contribution in [0.25, 0.3) is 0 Å². The van der Waals surface area contributed by atoms with Gasteiger partial charge in [-0.25, -0.2) is 4.39 Å². The number of carbonyl (C=O) groups excluding carboxylic acids is 3. The quantitative estimate of drug-likeness (QED) is 0.235. The normalized spacial score (nSPS) is 20.3. The van der Waals surface area contributed by atoms with Crippen LogP contribution >= 0.6 is 22.6 Å². The summed E-state index contributed by atoms with van der Waals surface area (Å²) in [6.07, 6.45) is 1.87. The number of nitrogens with zero attached hydrogens (tertiary/aromatic N) is 1. The lowest BCUT2D eigenvalue weighted by Gasteiger charge is -2.41. The topological polar surface area (TPSA) is 125 Å². The van der Waals surface area contributed by atoms with Crippen molar-refractivity contribution in [1.82, 2.24) is 10.2 Å². The summed E-state index contributed by atoms with van der Waals surface area (Å²) in [5.74, 6) is -0.544. The number of aldehydes is 1. The Morgan fingerprint density at radius 1 is 1.25 bits per heavy atom. The molecule has 2 aliphatic carbocycles. The zero-order valence-electron chi connectivity index (χ0n) is 22.0. The molecule has 0 aromatic heterocycles. The number of carbonyl (C=O) groups is 3. The first kappa shape index (κ1) is 29.9. The Morgan fingerprint density at radius 2 is 2.02 bits per heavy atom. The number of aliphatic hydroxyl groups is 2. The van der Waals surface area contributed by atoms with E-state index >= 15 is 0 Å². The molecule has 1 fully saturated rings. The Balaban J connectivity index is 1.67. The molecule has 0 heterocycles. The highest BCUT2D eigenvalue weighted by atomic mass is 127. The molecule has 2 aromatic carbocycles. The first-order chi connectivity index (χ1) is 19.2. The summed E-state index contributed by atoms with van der Waals surface area (Å²) >= 11 is 2.00. The Kier molecular flexibility index (Phi) is 10.1. The van der Waals surface area contributed by atoms with Crippen LogP contribution in [0, 0.1) is 15.3 Å². The van der Waals surface area contributed by atoms with E-state index < -0.39 is 24.2 Å². The van der Waals surface area contributed by atoms with Gasteiger partial charge in [0, 0.05) is 36.6 Å². The van der Waals surface area contributed by atoms with Crippen LogP contribution in [-0.4, -0.2) is 78.3 Å². The fourth-order valence-corrected chi connectivity index (χ4v) is 5.54. The Labute approximate surface area is 245 Å². The van der Waals surface area contributed by atoms with E-state index in [0.29, 0.717) is 33.0 Å². The monoisotopic (exact) mass is 666 g/mol. The minimum absolute atomic E-state index is 0.0398. The Hall–Kier alpha value is -3.03. The fourth-order valence-electron chi connectivity index (χ4n) is 4.78. The molecule has 11 heteroatoms. The number of nitrogens with one attached hydrogen (secondary N) is 1. The molecule has 1 saturated carbocycles. The van der Waals surface area contributed by atoms with Crippen molar-refractivity contribution in [2.45, 2.75) is 43.9 Å². The van der Waals surface area contributed by atoms with Gasteiger partial charge < -0.3 is 29.9 Å². The van der Waals surface area contributed by atoms with Gasteiger partial charge in [-0.1, -0.05) is 12.1 Å². The van der Waals surface area contributed by atoms with E-state index in [0.717, 1.165) is 12.8 Å². The highest BCUT2D eigenvalue weighted by Crippen LogP contribution is 2.38. The molecule has 0 saturated heterocycles. The zero-order valence-corrected chi connectivity index (χ0v) is 24.2. The van der Waals surface area contributed by atoms with Crippen molar-refractivity contribution in [2.75, 3.05) is 26.8 Å². The van der Waals surface area contributed by atoms with Gasteiger partial charge >= 0.3 is 0 Å². The number of hydrogen-bond donors (Lipinski definition) is 3. The minimum Gasteiger partial charge on any atom is -0.493 e. The van der Waals surface area contributed by atoms with Crippen LogP contribution in [0.5, 0.6) is 11.5 Å². The van der Waals surface area contributed by atoms with Crippen molar-refractivity contribution in [1.29, 1.82) is 0 Å². The van der Waals surface area contributed by atoms with Gasteiger partial charge in [0.2, 0.25) is 11.8 Å². The smallest absolute Gasteiger partial charge is 0.247 e. The molecular formula is C29H32FIN2O7. The van der Waals surface area contributed by atoms with Crippen LogP contribution in [-0.2, 0) is 16.0 Å². The summed E-state index contributed by atoms with van der Waals surface area (Å²) in [6.45, 7) is 0.00908. The molecule has 40 heavy (non-hydrogen) atoms. The van der Waals surface area contributed by atoms with Crippen LogP contribution in [0.4, 0.5) is 4.39 Å². The molecule has 2 amide bonds. The van der Waals surface area contributed by atoms with Gasteiger partial charge in [0.15, 0.2) is 11.5 Å². The van der Waals surface area contributed by atoms with Crippen molar-refractivity contribution in [3.05, 3.63) is 68.6 Å². The fraction of sp³-hybridized carbons (Fsp3) is 0.414. The predicted octanol–water partition coefficient (Wildman–Crippen LogP) is 2.65. The number of aliphatic hydroxyl groups excluding tert-OH is 2. The number of halogens is 2. The number of benzene rings is 2. The maximum absolute atomic E-state index is 13.8. The molecule has 0 radical (unpaired) electrons. The Morgan fingerprint density at radius 3 is 2.67 bits per heavy atom. The van der Waals surface area contributed by atoms with Gasteiger partial charge in [0.25, 0.3) is 0 Å². The number of rotatable bonds is 12. The van der Waals surface area contributed by atoms with E-state index in [4.69, 9.17) is 9.47 Å². The Bertz CT molecular complexity index is 1280. The van der Waals surface area contributed by atoms with E-state index in [-0.39, 0.29) is 55.3 Å². The van der Waals surface area contributed by atoms with E-state index in [1.165, 1.54) is 31.4 Å². The molecule has 3 unspecified atom stereocenters. The summed E-state index contributed by atoms with van der Waals surface area (Å²) in [5, 5.41) is 23.4. The summed E-state index contributed by atoms with van der Waals surface area (Å²) in [6, 6.07) is 8.46. The van der Waals surface area contributed by atoms with Crippen LogP contribution in [0.1, 0.15) is 35.2 Å². The van der Waals surface area contributed by atoms with Crippen LogP contribution in [0.2, 0.25) is 0 Å². The first-order valence-electron chi connectivity index (χ1n) is 13.1. The van der Waals surface area contributed by atoms with Crippen molar-refractivity contribution in [3.8, 4) is 11.5 Å². The lowest BCUT2D eigenvalue weighted by Crippen LogP contribution is -2.56. The molecule has 0 bridgehead atoms. The predicted molar refractivity (Wildman–Crippen MR) is 153 cm³/mol. The average molecular weight is 666 g/mol. The second-order valence-corrected chi connectivity index (χ2v) is 11.0. The summed E-state index contributed by atoms with van der Waals surface area (Å²) in [4.78, 5) is 39.4. The number of ether oxygens (including phenoxy) is 2. The highest BCUT2D eigenvalue weighted by molar-refractivity contribution is 14.1. The second kappa shape index (κ2) is 13.6. The summed E-state index contributed by atoms with van der Waals surface area (Å²) < 4.78 is 26.0. The third-order valence-corrected chi connectivity index (χ3v) is 7.80. The SMILES string of the molecule is COc1cc(C=O)cc(I)c1OC1C=C(C(=O)NCCO)CC(N(CCc2cccc(F)c2)C(=O)C2CC2)C1O. The lowest BCUT2D eigenvalue weighted by molar-refractivity contribution is -0.139. The minimum atomic E-state index is -1.21. The molecule has 0 spiro atoms. The summed E-state index contributed by atoms with van der Waals surface area (Å²) in [5.41, 5.74) is 1.39. The average Bonchev–Trinajstić information content (AvgIpc) is 3.80. The number of methoxy groups -OCH3 is 1. The summed E-state index contributed by atoms with van der Waals surface area (Å²) in [7, 11) is 1.43. The van der Waals surface area contributed by atoms with Crippen LogP contribution < -0.4 is 14.8 Å². The molecule has 3 atom stereocenters. The van der Waals surface area contributed by atoms with E-state index in [1.807, 2.05) is 22.6 Å². The van der Waals surface area contributed by atoms with Gasteiger partial charge in [-0.05, 0) is 77.8 Å². The van der Waals surface area contributed by atoms with Gasteiger partial charge in [-0.15, -0.1) is 0 Å².